The van der Waals surface area contributed by atoms with Crippen LogP contribution in [0.15, 0.2) is 12.1 Å². The Morgan fingerprint density at radius 1 is 1.30 bits per heavy atom. The molecule has 110 valence electrons. The molecule has 2 heterocycles. The second kappa shape index (κ2) is 5.43. The zero-order valence-corrected chi connectivity index (χ0v) is 12.8. The van der Waals surface area contributed by atoms with Gasteiger partial charge in [0.15, 0.2) is 0 Å². The predicted octanol–water partition coefficient (Wildman–Crippen LogP) is 3.53. The first kappa shape index (κ1) is 14.8. The molecule has 4 heteroatoms. The van der Waals surface area contributed by atoms with E-state index in [-0.39, 0.29) is 5.92 Å². The topological polar surface area (TPSA) is 53.4 Å². The minimum Gasteiger partial charge on any atom is -0.478 e. The Morgan fingerprint density at radius 3 is 2.40 bits per heavy atom. The maximum atomic E-state index is 11.3. The molecule has 1 aliphatic rings. The third-order valence-corrected chi connectivity index (χ3v) is 4.11. The number of rotatable bonds is 3. The Balaban J connectivity index is 2.29. The van der Waals surface area contributed by atoms with Crippen LogP contribution in [0.5, 0.6) is 0 Å². The summed E-state index contributed by atoms with van der Waals surface area (Å²) in [5, 5.41) is 9.25. The number of anilines is 1. The van der Waals surface area contributed by atoms with Crippen molar-refractivity contribution in [3.63, 3.8) is 0 Å². The fourth-order valence-corrected chi connectivity index (χ4v) is 2.46. The predicted molar refractivity (Wildman–Crippen MR) is 80.5 cm³/mol. The van der Waals surface area contributed by atoms with Gasteiger partial charge in [0, 0.05) is 18.8 Å². The van der Waals surface area contributed by atoms with Crippen molar-refractivity contribution in [2.45, 2.75) is 46.5 Å². The number of nitrogens with zero attached hydrogens (tertiary/aromatic N) is 2. The number of carbonyl (C=O) groups is 1. The van der Waals surface area contributed by atoms with E-state index in [4.69, 9.17) is 0 Å². The van der Waals surface area contributed by atoms with E-state index < -0.39 is 5.97 Å². The molecular formula is C16H24N2O2. The molecule has 0 unspecified atom stereocenters. The van der Waals surface area contributed by atoms with Crippen LogP contribution in [0.4, 0.5) is 5.82 Å². The Kier molecular flexibility index (Phi) is 4.02. The molecule has 0 radical (unpaired) electrons. The summed E-state index contributed by atoms with van der Waals surface area (Å²) in [7, 11) is 0. The summed E-state index contributed by atoms with van der Waals surface area (Å²) in [6, 6.07) is 3.39. The first-order valence-corrected chi connectivity index (χ1v) is 7.29. The average molecular weight is 276 g/mol. The van der Waals surface area contributed by atoms with E-state index in [1.165, 1.54) is 0 Å². The van der Waals surface area contributed by atoms with Gasteiger partial charge in [-0.05, 0) is 36.3 Å². The van der Waals surface area contributed by atoms with Gasteiger partial charge in [-0.2, -0.15) is 0 Å². The second-order valence-electron chi connectivity index (χ2n) is 6.75. The third kappa shape index (κ3) is 3.30. The Labute approximate surface area is 120 Å². The van der Waals surface area contributed by atoms with E-state index in [1.807, 2.05) is 13.8 Å². The maximum Gasteiger partial charge on any atom is 0.335 e. The lowest BCUT2D eigenvalue weighted by Gasteiger charge is -2.37. The molecular weight excluding hydrogens is 252 g/mol. The van der Waals surface area contributed by atoms with Gasteiger partial charge in [-0.3, -0.25) is 0 Å². The van der Waals surface area contributed by atoms with E-state index in [0.717, 1.165) is 37.4 Å². The van der Waals surface area contributed by atoms with Gasteiger partial charge in [-0.1, -0.05) is 27.7 Å². The monoisotopic (exact) mass is 276 g/mol. The Bertz CT molecular complexity index is 499. The number of piperidine rings is 1. The quantitative estimate of drug-likeness (QED) is 0.917. The van der Waals surface area contributed by atoms with Crippen molar-refractivity contribution in [1.29, 1.82) is 0 Å². The average Bonchev–Trinajstić information content (AvgIpc) is 2.38. The summed E-state index contributed by atoms with van der Waals surface area (Å²) < 4.78 is 0. The van der Waals surface area contributed by atoms with Crippen molar-refractivity contribution in [2.75, 3.05) is 18.0 Å². The van der Waals surface area contributed by atoms with E-state index >= 15 is 0 Å². The Morgan fingerprint density at radius 2 is 1.90 bits per heavy atom. The minimum atomic E-state index is -0.882. The maximum absolute atomic E-state index is 11.3. The van der Waals surface area contributed by atoms with Crippen LogP contribution < -0.4 is 4.90 Å². The molecule has 1 saturated heterocycles. The highest BCUT2D eigenvalue weighted by atomic mass is 16.4. The first-order chi connectivity index (χ1) is 9.28. The van der Waals surface area contributed by atoms with Gasteiger partial charge in [0.05, 0.1) is 5.56 Å². The largest absolute Gasteiger partial charge is 0.478 e. The fraction of sp³-hybridized carbons (Fsp3) is 0.625. The Hall–Kier alpha value is -1.58. The second-order valence-corrected chi connectivity index (χ2v) is 6.75. The molecule has 0 atom stereocenters. The van der Waals surface area contributed by atoms with Crippen LogP contribution in [-0.4, -0.2) is 29.1 Å². The standard InChI is InChI=1S/C16H24N2O2/c1-11(2)13-9-12(15(19)20)10-14(17-13)18-7-5-16(3,4)6-8-18/h9-11H,5-8H2,1-4H3,(H,19,20). The molecule has 4 nitrogen and oxygen atoms in total. The van der Waals surface area contributed by atoms with E-state index in [2.05, 4.69) is 23.7 Å². The highest BCUT2D eigenvalue weighted by molar-refractivity contribution is 5.88. The van der Waals surface area contributed by atoms with Crippen molar-refractivity contribution >= 4 is 11.8 Å². The molecule has 0 aliphatic carbocycles. The number of hydrogen-bond acceptors (Lipinski definition) is 3. The molecule has 0 aromatic carbocycles. The summed E-state index contributed by atoms with van der Waals surface area (Å²) in [5.74, 6) is 0.159. The van der Waals surface area contributed by atoms with Crippen molar-refractivity contribution in [3.05, 3.63) is 23.4 Å². The number of carboxylic acids is 1. The highest BCUT2D eigenvalue weighted by Gasteiger charge is 2.26. The lowest BCUT2D eigenvalue weighted by atomic mass is 9.83. The third-order valence-electron chi connectivity index (χ3n) is 4.11. The smallest absolute Gasteiger partial charge is 0.335 e. The number of carboxylic acid groups (broad SMARTS) is 1. The highest BCUT2D eigenvalue weighted by Crippen LogP contribution is 2.32. The van der Waals surface area contributed by atoms with Crippen LogP contribution in [0.2, 0.25) is 0 Å². The lowest BCUT2D eigenvalue weighted by molar-refractivity contribution is 0.0696. The molecule has 0 saturated carbocycles. The van der Waals surface area contributed by atoms with Crippen molar-refractivity contribution < 1.29 is 9.90 Å². The van der Waals surface area contributed by atoms with Crippen LogP contribution in [0.1, 0.15) is 62.5 Å². The SMILES string of the molecule is CC(C)c1cc(C(=O)O)cc(N2CCC(C)(C)CC2)n1. The number of pyridine rings is 1. The summed E-state index contributed by atoms with van der Waals surface area (Å²) >= 11 is 0. The molecule has 20 heavy (non-hydrogen) atoms. The van der Waals surface area contributed by atoms with Crippen LogP contribution in [-0.2, 0) is 0 Å². The molecule has 0 bridgehead atoms. The summed E-state index contributed by atoms with van der Waals surface area (Å²) in [6.45, 7) is 10.5. The van der Waals surface area contributed by atoms with Gasteiger partial charge < -0.3 is 10.0 Å². The van der Waals surface area contributed by atoms with E-state index in [0.29, 0.717) is 11.0 Å². The van der Waals surface area contributed by atoms with Crippen LogP contribution >= 0.6 is 0 Å². The zero-order chi connectivity index (χ0) is 14.9. The van der Waals surface area contributed by atoms with Crippen LogP contribution in [0, 0.1) is 5.41 Å². The van der Waals surface area contributed by atoms with Crippen molar-refractivity contribution in [1.82, 2.24) is 4.98 Å². The van der Waals surface area contributed by atoms with Gasteiger partial charge in [0.25, 0.3) is 0 Å². The molecule has 0 amide bonds. The van der Waals surface area contributed by atoms with E-state index in [9.17, 15) is 9.90 Å². The summed E-state index contributed by atoms with van der Waals surface area (Å²) in [4.78, 5) is 18.1. The van der Waals surface area contributed by atoms with Gasteiger partial charge in [-0.25, -0.2) is 9.78 Å². The van der Waals surface area contributed by atoms with Gasteiger partial charge in [0.1, 0.15) is 5.82 Å². The molecule has 1 N–H and O–H groups in total. The number of hydrogen-bond donors (Lipinski definition) is 1. The normalized spacial score (nSPS) is 18.4. The molecule has 1 fully saturated rings. The molecule has 1 aliphatic heterocycles. The fourth-order valence-electron chi connectivity index (χ4n) is 2.46. The zero-order valence-electron chi connectivity index (χ0n) is 12.8. The molecule has 1 aromatic heterocycles. The van der Waals surface area contributed by atoms with Crippen LogP contribution in [0.3, 0.4) is 0 Å². The number of aromatic nitrogens is 1. The van der Waals surface area contributed by atoms with Gasteiger partial charge in [-0.15, -0.1) is 0 Å². The van der Waals surface area contributed by atoms with Crippen molar-refractivity contribution in [3.8, 4) is 0 Å². The summed E-state index contributed by atoms with van der Waals surface area (Å²) in [5.41, 5.74) is 1.56. The first-order valence-electron chi connectivity index (χ1n) is 7.29. The van der Waals surface area contributed by atoms with Gasteiger partial charge >= 0.3 is 5.97 Å². The molecule has 0 spiro atoms. The lowest BCUT2D eigenvalue weighted by Crippen LogP contribution is -2.38. The van der Waals surface area contributed by atoms with Gasteiger partial charge in [0.2, 0.25) is 0 Å². The molecule has 1 aromatic rings. The molecule has 2 rings (SSSR count). The van der Waals surface area contributed by atoms with Crippen LogP contribution in [0.25, 0.3) is 0 Å². The summed E-state index contributed by atoms with van der Waals surface area (Å²) in [6.07, 6.45) is 2.23. The number of aromatic carboxylic acids is 1. The van der Waals surface area contributed by atoms with E-state index in [1.54, 1.807) is 12.1 Å². The minimum absolute atomic E-state index is 0.231. The van der Waals surface area contributed by atoms with Crippen molar-refractivity contribution in [2.24, 2.45) is 5.41 Å².